The van der Waals surface area contributed by atoms with Gasteiger partial charge in [-0.3, -0.25) is 14.7 Å². The van der Waals surface area contributed by atoms with Crippen LogP contribution in [-0.4, -0.2) is 40.7 Å². The van der Waals surface area contributed by atoms with Crippen LogP contribution in [0.4, 0.5) is 10.5 Å². The molecule has 5 N–H and O–H groups in total. The second kappa shape index (κ2) is 15.3. The highest BCUT2D eigenvalue weighted by atomic mass is 28.4. The molecule has 0 radical (unpaired) electrons. The molecule has 1 atom stereocenters. The fraction of sp³-hybridized carbons (Fsp3) is 0.293. The Hall–Kier alpha value is -5.43. The number of carboxylic acid groups (broad SMARTS) is 1. The van der Waals surface area contributed by atoms with E-state index in [0.29, 0.717) is 54.8 Å². The molecule has 11 nitrogen and oxygen atoms in total. The number of oxazole rings is 1. The van der Waals surface area contributed by atoms with E-state index in [0.717, 1.165) is 33.2 Å². The first-order valence-corrected chi connectivity index (χ1v) is 20.6. The Labute approximate surface area is 308 Å². The molecular weight excluding hydrogens is 689 g/mol. The van der Waals surface area contributed by atoms with Crippen molar-refractivity contribution in [2.45, 2.75) is 70.9 Å². The van der Waals surface area contributed by atoms with Gasteiger partial charge >= 0.3 is 11.8 Å². The number of aromatic hydroxyl groups is 1. The van der Waals surface area contributed by atoms with Crippen molar-refractivity contribution in [2.24, 2.45) is 0 Å². The summed E-state index contributed by atoms with van der Waals surface area (Å²) in [7, 11) is -2.25. The van der Waals surface area contributed by atoms with Crippen molar-refractivity contribution in [2.75, 3.05) is 11.9 Å². The highest BCUT2D eigenvalue weighted by Gasteiger charge is 2.39. The molecule has 0 saturated carbocycles. The molecule has 6 aromatic rings. The second-order valence-corrected chi connectivity index (χ2v) is 19.6. The standard InChI is InChI=1S/C41H46N4O7Si/c1-41(2,3)53(4,5)52-36(30-16-18-34(46)38-31(30)17-20-37(47)44-38)25-42-24-27-14-19-35-33(23-27)45(40(50)51-35)21-9-10-26-13-15-29(28-11-7-6-8-12-28)32(22-26)43-39(48)49/h6-8,11-20,22-23,36,42-43,46H,9-10,21,24-25H2,1-5H3,(H,44,47)(H,48,49). The number of nitrogens with one attached hydrogen (secondary N) is 3. The number of aromatic amines is 1. The van der Waals surface area contributed by atoms with Crippen LogP contribution in [0.3, 0.4) is 0 Å². The number of rotatable bonds is 13. The van der Waals surface area contributed by atoms with Gasteiger partial charge in [-0.25, -0.2) is 9.59 Å². The number of hydrogen-bond donors (Lipinski definition) is 5. The molecule has 12 heteroatoms. The van der Waals surface area contributed by atoms with Crippen molar-refractivity contribution in [3.05, 3.63) is 129 Å². The zero-order valence-electron chi connectivity index (χ0n) is 30.7. The van der Waals surface area contributed by atoms with Crippen LogP contribution in [0.2, 0.25) is 18.1 Å². The second-order valence-electron chi connectivity index (χ2n) is 14.9. The largest absolute Gasteiger partial charge is 0.506 e. The smallest absolute Gasteiger partial charge is 0.419 e. The molecule has 53 heavy (non-hydrogen) atoms. The zero-order chi connectivity index (χ0) is 37.9. The lowest BCUT2D eigenvalue weighted by atomic mass is 9.99. The summed E-state index contributed by atoms with van der Waals surface area (Å²) in [5.74, 6) is -0.432. The van der Waals surface area contributed by atoms with Gasteiger partial charge in [-0.2, -0.15) is 0 Å². The van der Waals surface area contributed by atoms with Crippen LogP contribution in [0.5, 0.6) is 5.75 Å². The summed E-state index contributed by atoms with van der Waals surface area (Å²) in [6, 6.07) is 27.7. The molecule has 2 heterocycles. The van der Waals surface area contributed by atoms with Crippen molar-refractivity contribution in [1.29, 1.82) is 0 Å². The number of phenolic OH excluding ortho intramolecular Hbond substituents is 1. The number of H-pyrrole nitrogens is 1. The molecule has 1 unspecified atom stereocenters. The normalized spacial score (nSPS) is 12.7. The van der Waals surface area contributed by atoms with Gasteiger partial charge in [0.1, 0.15) is 5.75 Å². The molecule has 0 aliphatic rings. The molecule has 0 aliphatic heterocycles. The van der Waals surface area contributed by atoms with Gasteiger partial charge in [0, 0.05) is 36.7 Å². The lowest BCUT2D eigenvalue weighted by molar-refractivity contribution is 0.181. The zero-order valence-corrected chi connectivity index (χ0v) is 31.7. The van der Waals surface area contributed by atoms with Crippen LogP contribution < -0.4 is 21.9 Å². The number of aryl methyl sites for hydroxylation is 2. The van der Waals surface area contributed by atoms with E-state index in [1.165, 1.54) is 6.07 Å². The lowest BCUT2D eigenvalue weighted by Gasteiger charge is -2.39. The number of benzene rings is 4. The maximum absolute atomic E-state index is 12.9. The first kappa shape index (κ1) is 37.3. The number of carbonyl (C=O) groups is 1. The fourth-order valence-electron chi connectivity index (χ4n) is 6.34. The summed E-state index contributed by atoms with van der Waals surface area (Å²) in [6.45, 7) is 12.3. The minimum Gasteiger partial charge on any atom is -0.506 e. The van der Waals surface area contributed by atoms with Crippen LogP contribution in [0, 0.1) is 0 Å². The van der Waals surface area contributed by atoms with E-state index in [2.05, 4.69) is 49.5 Å². The highest BCUT2D eigenvalue weighted by Crippen LogP contribution is 2.41. The van der Waals surface area contributed by atoms with Crippen LogP contribution in [0.15, 0.2) is 105 Å². The average Bonchev–Trinajstić information content (AvgIpc) is 3.41. The number of phenols is 1. The third kappa shape index (κ3) is 8.46. The van der Waals surface area contributed by atoms with Gasteiger partial charge in [-0.05, 0) is 83.6 Å². The van der Waals surface area contributed by atoms with Crippen molar-refractivity contribution in [1.82, 2.24) is 14.9 Å². The van der Waals surface area contributed by atoms with E-state index < -0.39 is 20.2 Å². The predicted molar refractivity (Wildman–Crippen MR) is 211 cm³/mol. The van der Waals surface area contributed by atoms with Gasteiger partial charge in [0.25, 0.3) is 0 Å². The molecule has 4 aromatic carbocycles. The molecule has 0 aliphatic carbocycles. The first-order valence-electron chi connectivity index (χ1n) is 17.7. The van der Waals surface area contributed by atoms with E-state index in [1.54, 1.807) is 16.7 Å². The number of fused-ring (bicyclic) bond motifs is 2. The molecule has 0 fully saturated rings. The van der Waals surface area contributed by atoms with Crippen LogP contribution in [0.25, 0.3) is 33.1 Å². The van der Waals surface area contributed by atoms with Crippen molar-refractivity contribution < 1.29 is 23.9 Å². The topological polar surface area (TPSA) is 159 Å². The molecule has 2 aromatic heterocycles. The number of aromatic nitrogens is 2. The van der Waals surface area contributed by atoms with E-state index in [-0.39, 0.29) is 22.5 Å². The summed E-state index contributed by atoms with van der Waals surface area (Å²) in [5, 5.41) is 26.7. The van der Waals surface area contributed by atoms with Gasteiger partial charge in [0.05, 0.1) is 22.8 Å². The number of pyridine rings is 1. The van der Waals surface area contributed by atoms with Crippen molar-refractivity contribution in [3.63, 3.8) is 0 Å². The quantitative estimate of drug-likeness (QED) is 0.0741. The first-order chi connectivity index (χ1) is 25.2. The van der Waals surface area contributed by atoms with E-state index in [9.17, 15) is 24.6 Å². The summed E-state index contributed by atoms with van der Waals surface area (Å²) in [4.78, 5) is 39.4. The van der Waals surface area contributed by atoms with Gasteiger partial charge in [-0.1, -0.05) is 75.4 Å². The fourth-order valence-corrected chi connectivity index (χ4v) is 7.62. The maximum atomic E-state index is 12.9. The molecule has 276 valence electrons. The van der Waals surface area contributed by atoms with Crippen molar-refractivity contribution >= 4 is 42.1 Å². The Morgan fingerprint density at radius 3 is 2.45 bits per heavy atom. The summed E-state index contributed by atoms with van der Waals surface area (Å²) in [5.41, 5.74) is 6.27. The molecular formula is C41H46N4O7Si. The molecule has 0 bridgehead atoms. The number of anilines is 1. The summed E-state index contributed by atoms with van der Waals surface area (Å²) in [6.07, 6.45) is -0.245. The minimum atomic E-state index is -2.25. The SMILES string of the molecule is CC(C)(C)[Si](C)(C)OC(CNCc1ccc2oc(=O)n(CCCc3ccc(-c4ccccc4)c(NC(=O)O)c3)c2c1)c1ccc(O)c2[nH]c(=O)ccc12. The van der Waals surface area contributed by atoms with E-state index in [1.807, 2.05) is 72.8 Å². The number of amides is 1. The third-order valence-electron chi connectivity index (χ3n) is 10.1. The minimum absolute atomic E-state index is 0.000793. The third-order valence-corrected chi connectivity index (χ3v) is 14.6. The average molecular weight is 735 g/mol. The number of nitrogens with zero attached hydrogens (tertiary/aromatic N) is 1. The highest BCUT2D eigenvalue weighted by molar-refractivity contribution is 6.74. The van der Waals surface area contributed by atoms with Gasteiger partial charge < -0.3 is 29.4 Å². The van der Waals surface area contributed by atoms with Gasteiger partial charge in [-0.15, -0.1) is 0 Å². The summed E-state index contributed by atoms with van der Waals surface area (Å²) < 4.78 is 14.2. The lowest BCUT2D eigenvalue weighted by Crippen LogP contribution is -2.43. The van der Waals surface area contributed by atoms with E-state index >= 15 is 0 Å². The monoisotopic (exact) mass is 734 g/mol. The van der Waals surface area contributed by atoms with Crippen LogP contribution >= 0.6 is 0 Å². The molecule has 0 saturated heterocycles. The van der Waals surface area contributed by atoms with Crippen LogP contribution in [0.1, 0.15) is 50.0 Å². The Bertz CT molecular complexity index is 2370. The van der Waals surface area contributed by atoms with Gasteiger partial charge in [0.2, 0.25) is 5.56 Å². The van der Waals surface area contributed by atoms with Crippen LogP contribution in [-0.2, 0) is 23.9 Å². The Morgan fingerprint density at radius 2 is 1.72 bits per heavy atom. The predicted octanol–water partition coefficient (Wildman–Crippen LogP) is 8.38. The maximum Gasteiger partial charge on any atom is 0.419 e. The molecule has 0 spiro atoms. The van der Waals surface area contributed by atoms with Gasteiger partial charge in [0.15, 0.2) is 13.9 Å². The van der Waals surface area contributed by atoms with Crippen molar-refractivity contribution in [3.8, 4) is 16.9 Å². The summed E-state index contributed by atoms with van der Waals surface area (Å²) >= 11 is 0. The Kier molecular flexibility index (Phi) is 10.8. The molecule has 1 amide bonds. The Balaban J connectivity index is 1.18. The number of hydrogen-bond acceptors (Lipinski definition) is 7. The van der Waals surface area contributed by atoms with E-state index in [4.69, 9.17) is 8.84 Å². The Morgan fingerprint density at radius 1 is 0.962 bits per heavy atom. The molecule has 6 rings (SSSR count).